The molecular formula is C12H12FNO. The van der Waals surface area contributed by atoms with Gasteiger partial charge in [-0.2, -0.15) is 0 Å². The van der Waals surface area contributed by atoms with Crippen LogP contribution in [0.4, 0.5) is 4.39 Å². The normalized spacial score (nSPS) is 19.1. The molecule has 3 rings (SSSR count). The highest BCUT2D eigenvalue weighted by Crippen LogP contribution is 2.40. The summed E-state index contributed by atoms with van der Waals surface area (Å²) in [5.74, 6) is -0.250. The molecule has 78 valence electrons. The Morgan fingerprint density at radius 1 is 1.33 bits per heavy atom. The third-order valence-corrected chi connectivity index (χ3v) is 3.32. The van der Waals surface area contributed by atoms with Crippen molar-refractivity contribution in [1.82, 2.24) is 0 Å². The first-order chi connectivity index (χ1) is 7.19. The maximum atomic E-state index is 13.8. The van der Waals surface area contributed by atoms with E-state index in [2.05, 4.69) is 0 Å². The van der Waals surface area contributed by atoms with Gasteiger partial charge in [0.15, 0.2) is 0 Å². The van der Waals surface area contributed by atoms with Crippen LogP contribution in [-0.2, 0) is 5.54 Å². The second-order valence-corrected chi connectivity index (χ2v) is 4.30. The molecule has 1 aromatic carbocycles. The van der Waals surface area contributed by atoms with Crippen molar-refractivity contribution in [2.24, 2.45) is 5.73 Å². The zero-order chi connectivity index (χ0) is 10.5. The summed E-state index contributed by atoms with van der Waals surface area (Å²) in [6, 6.07) is 5.07. The van der Waals surface area contributed by atoms with E-state index in [0.717, 1.165) is 24.6 Å². The summed E-state index contributed by atoms with van der Waals surface area (Å²) in [5, 5.41) is 0.920. The fourth-order valence-electron chi connectivity index (χ4n) is 2.19. The molecule has 15 heavy (non-hydrogen) atoms. The molecular weight excluding hydrogens is 193 g/mol. The molecule has 0 aliphatic heterocycles. The van der Waals surface area contributed by atoms with Crippen molar-refractivity contribution in [1.29, 1.82) is 0 Å². The topological polar surface area (TPSA) is 39.2 Å². The van der Waals surface area contributed by atoms with E-state index < -0.39 is 5.54 Å². The van der Waals surface area contributed by atoms with Crippen LogP contribution in [0.15, 0.2) is 28.9 Å². The molecule has 1 saturated carbocycles. The molecule has 1 aliphatic rings. The predicted molar refractivity (Wildman–Crippen MR) is 55.9 cm³/mol. The number of benzene rings is 1. The molecule has 2 nitrogen and oxygen atoms in total. The SMILES string of the molecule is NC1(c2cc3ccoc3cc2F)CCC1. The third kappa shape index (κ3) is 1.20. The van der Waals surface area contributed by atoms with Gasteiger partial charge in [0.25, 0.3) is 0 Å². The predicted octanol–water partition coefficient (Wildman–Crippen LogP) is 2.91. The van der Waals surface area contributed by atoms with E-state index in [4.69, 9.17) is 10.2 Å². The number of halogens is 1. The summed E-state index contributed by atoms with van der Waals surface area (Å²) in [6.07, 6.45) is 4.39. The highest BCUT2D eigenvalue weighted by molar-refractivity contribution is 5.78. The summed E-state index contributed by atoms with van der Waals surface area (Å²) >= 11 is 0. The summed E-state index contributed by atoms with van der Waals surface area (Å²) < 4.78 is 18.9. The van der Waals surface area contributed by atoms with Gasteiger partial charge < -0.3 is 10.2 Å². The second-order valence-electron chi connectivity index (χ2n) is 4.30. The van der Waals surface area contributed by atoms with Crippen molar-refractivity contribution in [3.05, 3.63) is 35.8 Å². The maximum Gasteiger partial charge on any atom is 0.136 e. The Kier molecular flexibility index (Phi) is 1.68. The van der Waals surface area contributed by atoms with Crippen LogP contribution in [-0.4, -0.2) is 0 Å². The zero-order valence-electron chi connectivity index (χ0n) is 8.29. The van der Waals surface area contributed by atoms with Crippen LogP contribution < -0.4 is 5.73 Å². The van der Waals surface area contributed by atoms with E-state index in [1.165, 1.54) is 6.07 Å². The van der Waals surface area contributed by atoms with Crippen LogP contribution in [0.25, 0.3) is 11.0 Å². The van der Waals surface area contributed by atoms with Crippen molar-refractivity contribution in [3.8, 4) is 0 Å². The minimum atomic E-state index is -0.449. The van der Waals surface area contributed by atoms with E-state index in [1.807, 2.05) is 12.1 Å². The largest absolute Gasteiger partial charge is 0.464 e. The molecule has 1 aromatic heterocycles. The van der Waals surface area contributed by atoms with Crippen LogP contribution in [0.1, 0.15) is 24.8 Å². The van der Waals surface area contributed by atoms with Crippen LogP contribution in [0.2, 0.25) is 0 Å². The minimum Gasteiger partial charge on any atom is -0.464 e. The highest BCUT2D eigenvalue weighted by atomic mass is 19.1. The first-order valence-corrected chi connectivity index (χ1v) is 5.15. The van der Waals surface area contributed by atoms with Gasteiger partial charge in [-0.05, 0) is 31.4 Å². The average molecular weight is 205 g/mol. The summed E-state index contributed by atoms with van der Waals surface area (Å²) in [4.78, 5) is 0. The van der Waals surface area contributed by atoms with Crippen molar-refractivity contribution in [2.45, 2.75) is 24.8 Å². The van der Waals surface area contributed by atoms with Crippen molar-refractivity contribution in [2.75, 3.05) is 0 Å². The second kappa shape index (κ2) is 2.83. The molecule has 2 N–H and O–H groups in total. The van der Waals surface area contributed by atoms with E-state index in [0.29, 0.717) is 11.1 Å². The standard InChI is InChI=1S/C12H12FNO/c13-10-7-11-8(2-5-15-11)6-9(10)12(14)3-1-4-12/h2,5-7H,1,3-4,14H2. The molecule has 0 amide bonds. The minimum absolute atomic E-state index is 0.250. The van der Waals surface area contributed by atoms with Gasteiger partial charge in [0.05, 0.1) is 6.26 Å². The first kappa shape index (κ1) is 8.92. The molecule has 0 atom stereocenters. The number of fused-ring (bicyclic) bond motifs is 1. The van der Waals surface area contributed by atoms with Gasteiger partial charge in [-0.3, -0.25) is 0 Å². The number of hydrogen-bond donors (Lipinski definition) is 1. The highest BCUT2D eigenvalue weighted by Gasteiger charge is 2.36. The van der Waals surface area contributed by atoms with Gasteiger partial charge in [-0.1, -0.05) is 0 Å². The monoisotopic (exact) mass is 205 g/mol. The Bertz CT molecular complexity index is 513. The molecule has 0 saturated heterocycles. The van der Waals surface area contributed by atoms with Gasteiger partial charge in [-0.15, -0.1) is 0 Å². The smallest absolute Gasteiger partial charge is 0.136 e. The molecule has 0 radical (unpaired) electrons. The molecule has 0 unspecified atom stereocenters. The summed E-state index contributed by atoms with van der Waals surface area (Å²) in [7, 11) is 0. The fraction of sp³-hybridized carbons (Fsp3) is 0.333. The Labute approximate surface area is 86.9 Å². The van der Waals surface area contributed by atoms with Crippen LogP contribution in [0.3, 0.4) is 0 Å². The summed E-state index contributed by atoms with van der Waals surface area (Å²) in [6.45, 7) is 0. The van der Waals surface area contributed by atoms with Gasteiger partial charge in [0.2, 0.25) is 0 Å². The average Bonchev–Trinajstić information content (AvgIpc) is 2.60. The van der Waals surface area contributed by atoms with Gasteiger partial charge in [0.1, 0.15) is 11.4 Å². The zero-order valence-corrected chi connectivity index (χ0v) is 8.29. The molecule has 2 aromatic rings. The van der Waals surface area contributed by atoms with Crippen molar-refractivity contribution >= 4 is 11.0 Å². The molecule has 1 aliphatic carbocycles. The van der Waals surface area contributed by atoms with E-state index >= 15 is 0 Å². The van der Waals surface area contributed by atoms with E-state index in [-0.39, 0.29) is 5.82 Å². The maximum absolute atomic E-state index is 13.8. The number of furan rings is 1. The van der Waals surface area contributed by atoms with E-state index in [1.54, 1.807) is 6.26 Å². The van der Waals surface area contributed by atoms with Crippen molar-refractivity contribution < 1.29 is 8.81 Å². The molecule has 0 bridgehead atoms. The first-order valence-electron chi connectivity index (χ1n) is 5.15. The fourth-order valence-corrected chi connectivity index (χ4v) is 2.19. The number of nitrogens with two attached hydrogens (primary N) is 1. The van der Waals surface area contributed by atoms with E-state index in [9.17, 15) is 4.39 Å². The Morgan fingerprint density at radius 2 is 2.13 bits per heavy atom. The lowest BCUT2D eigenvalue weighted by Crippen LogP contribution is -2.44. The quantitative estimate of drug-likeness (QED) is 0.777. The Morgan fingerprint density at radius 3 is 2.80 bits per heavy atom. The molecule has 0 spiro atoms. The Hall–Kier alpha value is -1.35. The number of rotatable bonds is 1. The lowest BCUT2D eigenvalue weighted by atomic mass is 9.72. The van der Waals surface area contributed by atoms with Crippen LogP contribution in [0, 0.1) is 5.82 Å². The number of hydrogen-bond acceptors (Lipinski definition) is 2. The van der Waals surface area contributed by atoms with Gasteiger partial charge in [0, 0.05) is 22.6 Å². The molecule has 3 heteroatoms. The van der Waals surface area contributed by atoms with Crippen molar-refractivity contribution in [3.63, 3.8) is 0 Å². The van der Waals surface area contributed by atoms with Crippen LogP contribution in [0.5, 0.6) is 0 Å². The summed E-state index contributed by atoms with van der Waals surface area (Å²) in [5.41, 5.74) is 6.88. The lowest BCUT2D eigenvalue weighted by molar-refractivity contribution is 0.245. The molecule has 1 heterocycles. The third-order valence-electron chi connectivity index (χ3n) is 3.32. The lowest BCUT2D eigenvalue weighted by Gasteiger charge is -2.38. The molecule has 1 fully saturated rings. The Balaban J connectivity index is 2.21. The van der Waals surface area contributed by atoms with Crippen LogP contribution >= 0.6 is 0 Å². The van der Waals surface area contributed by atoms with Gasteiger partial charge in [-0.25, -0.2) is 4.39 Å². The van der Waals surface area contributed by atoms with Gasteiger partial charge >= 0.3 is 0 Å².